The average Bonchev–Trinajstić information content (AvgIpc) is 2.78. The van der Waals surface area contributed by atoms with Crippen LogP contribution in [0.4, 0.5) is 0 Å². The first-order chi connectivity index (χ1) is 16.9. The van der Waals surface area contributed by atoms with E-state index in [-0.39, 0.29) is 35.6 Å². The quantitative estimate of drug-likeness (QED) is 0.158. The molecule has 0 saturated carbocycles. The van der Waals surface area contributed by atoms with Gasteiger partial charge >= 0.3 is 0 Å². The van der Waals surface area contributed by atoms with Crippen LogP contribution in [0.5, 0.6) is 0 Å². The molecule has 0 aliphatic rings. The van der Waals surface area contributed by atoms with Crippen molar-refractivity contribution in [3.63, 3.8) is 0 Å². The van der Waals surface area contributed by atoms with E-state index in [2.05, 4.69) is 49.0 Å². The number of carbonyl (C=O) groups excluding carboxylic acids is 3. The zero-order chi connectivity index (χ0) is 27.5. The third-order valence-electron chi connectivity index (χ3n) is 6.23. The predicted molar refractivity (Wildman–Crippen MR) is 151 cm³/mol. The molecule has 212 valence electrons. The lowest BCUT2D eigenvalue weighted by atomic mass is 9.96. The van der Waals surface area contributed by atoms with Gasteiger partial charge < -0.3 is 21.3 Å². The van der Waals surface area contributed by atoms with Gasteiger partial charge in [0.2, 0.25) is 11.8 Å². The van der Waals surface area contributed by atoms with Gasteiger partial charge in [-0.1, -0.05) is 68.2 Å². The first kappa shape index (κ1) is 34.5. The highest BCUT2D eigenvalue weighted by atomic mass is 16.2. The molecule has 0 spiro atoms. The fourth-order valence-electron chi connectivity index (χ4n) is 4.14. The number of hydrogen-bond donors (Lipinski definition) is 4. The van der Waals surface area contributed by atoms with Gasteiger partial charge in [-0.2, -0.15) is 0 Å². The lowest BCUT2D eigenvalue weighted by molar-refractivity contribution is -0.130. The molecule has 36 heavy (non-hydrogen) atoms. The van der Waals surface area contributed by atoms with Crippen LogP contribution < -0.4 is 21.3 Å². The van der Waals surface area contributed by atoms with Crippen molar-refractivity contribution in [1.29, 1.82) is 0 Å². The molecule has 0 rings (SSSR count). The zero-order valence-electron chi connectivity index (χ0n) is 24.7. The molecule has 0 aliphatic carbocycles. The third-order valence-corrected chi connectivity index (χ3v) is 6.23. The van der Waals surface area contributed by atoms with Crippen molar-refractivity contribution in [3.05, 3.63) is 0 Å². The Balaban J connectivity index is 4.61. The molecular formula is C29H58N4O3. The highest BCUT2D eigenvalue weighted by Gasteiger charge is 2.26. The Bertz CT molecular complexity index is 605. The van der Waals surface area contributed by atoms with Crippen molar-refractivity contribution in [3.8, 4) is 0 Å². The highest BCUT2D eigenvalue weighted by Crippen LogP contribution is 2.11. The molecule has 0 aromatic heterocycles. The second-order valence-electron chi connectivity index (χ2n) is 11.6. The number of carbonyl (C=O) groups is 3. The van der Waals surface area contributed by atoms with Gasteiger partial charge in [-0.05, 0) is 57.4 Å². The Kier molecular flexibility index (Phi) is 19.7. The number of hydrogen-bond acceptors (Lipinski definition) is 5. The summed E-state index contributed by atoms with van der Waals surface area (Å²) in [4.78, 5) is 38.0. The molecular weight excluding hydrogens is 452 g/mol. The minimum absolute atomic E-state index is 0.0968. The van der Waals surface area contributed by atoms with E-state index in [4.69, 9.17) is 0 Å². The Hall–Kier alpha value is -1.47. The molecule has 4 N–H and O–H groups in total. The van der Waals surface area contributed by atoms with Crippen LogP contribution >= 0.6 is 0 Å². The molecule has 2 atom stereocenters. The molecule has 7 nitrogen and oxygen atoms in total. The van der Waals surface area contributed by atoms with Gasteiger partial charge in [-0.3, -0.25) is 14.4 Å². The van der Waals surface area contributed by atoms with Crippen LogP contribution in [-0.2, 0) is 14.4 Å². The van der Waals surface area contributed by atoms with Crippen LogP contribution in [0.1, 0.15) is 120 Å². The van der Waals surface area contributed by atoms with Crippen LogP contribution in [-0.4, -0.2) is 54.9 Å². The van der Waals surface area contributed by atoms with Crippen molar-refractivity contribution in [2.75, 3.05) is 13.1 Å². The Morgan fingerprint density at radius 2 is 1.22 bits per heavy atom. The van der Waals surface area contributed by atoms with Gasteiger partial charge in [0.25, 0.3) is 0 Å². The summed E-state index contributed by atoms with van der Waals surface area (Å²) in [5.74, 6) is 0.682. The SMILES string of the molecule is CC(C)CCCCC(=O)NCCCCC(NC(C)C)C(=O)NC(CCCCNC(C)C)C(=O)C(C)C. The van der Waals surface area contributed by atoms with Crippen LogP contribution in [0.3, 0.4) is 0 Å². The van der Waals surface area contributed by atoms with Gasteiger partial charge in [0.05, 0.1) is 12.1 Å². The molecule has 2 unspecified atom stereocenters. The van der Waals surface area contributed by atoms with Crippen LogP contribution in [0.2, 0.25) is 0 Å². The van der Waals surface area contributed by atoms with E-state index in [0.717, 1.165) is 45.1 Å². The number of amides is 2. The van der Waals surface area contributed by atoms with Crippen LogP contribution in [0.25, 0.3) is 0 Å². The van der Waals surface area contributed by atoms with E-state index in [0.29, 0.717) is 37.8 Å². The summed E-state index contributed by atoms with van der Waals surface area (Å²) in [5.41, 5.74) is 0. The van der Waals surface area contributed by atoms with Crippen molar-refractivity contribution in [2.45, 2.75) is 144 Å². The second kappa shape index (κ2) is 20.6. The maximum atomic E-state index is 13.2. The monoisotopic (exact) mass is 510 g/mol. The lowest BCUT2D eigenvalue weighted by Crippen LogP contribution is -2.52. The molecule has 0 radical (unpaired) electrons. The number of ketones is 1. The number of rotatable bonds is 22. The minimum atomic E-state index is -0.442. The maximum Gasteiger partial charge on any atom is 0.237 e. The molecule has 2 amide bonds. The van der Waals surface area contributed by atoms with Gasteiger partial charge in [0.15, 0.2) is 5.78 Å². The summed E-state index contributed by atoms with van der Waals surface area (Å²) in [5, 5.41) is 12.8. The van der Waals surface area contributed by atoms with Crippen molar-refractivity contribution < 1.29 is 14.4 Å². The van der Waals surface area contributed by atoms with Gasteiger partial charge in [0, 0.05) is 31.0 Å². The summed E-state index contributed by atoms with van der Waals surface area (Å²) >= 11 is 0. The summed E-state index contributed by atoms with van der Waals surface area (Å²) in [6, 6.07) is -0.179. The van der Waals surface area contributed by atoms with Crippen LogP contribution in [0.15, 0.2) is 0 Å². The number of Topliss-reactive ketones (excluding diaryl/α,β-unsaturated/α-hetero) is 1. The minimum Gasteiger partial charge on any atom is -0.356 e. The summed E-state index contributed by atoms with van der Waals surface area (Å²) < 4.78 is 0. The second-order valence-corrected chi connectivity index (χ2v) is 11.6. The average molecular weight is 511 g/mol. The van der Waals surface area contributed by atoms with Crippen LogP contribution in [0, 0.1) is 11.8 Å². The third kappa shape index (κ3) is 18.8. The predicted octanol–water partition coefficient (Wildman–Crippen LogP) is 4.73. The Morgan fingerprint density at radius 3 is 1.78 bits per heavy atom. The van der Waals surface area contributed by atoms with Crippen molar-refractivity contribution >= 4 is 17.6 Å². The van der Waals surface area contributed by atoms with E-state index in [9.17, 15) is 14.4 Å². The molecule has 0 fully saturated rings. The molecule has 0 bridgehead atoms. The molecule has 0 saturated heterocycles. The summed E-state index contributed by atoms with van der Waals surface area (Å²) in [6.07, 6.45) is 8.66. The first-order valence-electron chi connectivity index (χ1n) is 14.5. The zero-order valence-corrected chi connectivity index (χ0v) is 24.7. The van der Waals surface area contributed by atoms with Crippen molar-refractivity contribution in [1.82, 2.24) is 21.3 Å². The highest BCUT2D eigenvalue weighted by molar-refractivity contribution is 5.91. The topological polar surface area (TPSA) is 99.3 Å². The normalized spacial score (nSPS) is 13.4. The summed E-state index contributed by atoms with van der Waals surface area (Å²) in [6.45, 7) is 18.0. The van der Waals surface area contributed by atoms with E-state index < -0.39 is 6.04 Å². The molecule has 0 aliphatic heterocycles. The van der Waals surface area contributed by atoms with Crippen molar-refractivity contribution in [2.24, 2.45) is 11.8 Å². The van der Waals surface area contributed by atoms with E-state index in [1.807, 2.05) is 27.7 Å². The van der Waals surface area contributed by atoms with E-state index in [1.165, 1.54) is 6.42 Å². The molecule has 7 heteroatoms. The smallest absolute Gasteiger partial charge is 0.237 e. The lowest BCUT2D eigenvalue weighted by Gasteiger charge is -2.25. The molecule has 0 aromatic carbocycles. The Labute approximate surface area is 222 Å². The number of nitrogens with one attached hydrogen (secondary N) is 4. The Morgan fingerprint density at radius 1 is 0.639 bits per heavy atom. The maximum absolute atomic E-state index is 13.2. The fraction of sp³-hybridized carbons (Fsp3) is 0.897. The molecule has 0 aromatic rings. The fourth-order valence-corrected chi connectivity index (χ4v) is 4.14. The van der Waals surface area contributed by atoms with Gasteiger partial charge in [0.1, 0.15) is 0 Å². The largest absolute Gasteiger partial charge is 0.356 e. The van der Waals surface area contributed by atoms with Gasteiger partial charge in [-0.25, -0.2) is 0 Å². The summed E-state index contributed by atoms with van der Waals surface area (Å²) in [7, 11) is 0. The van der Waals surface area contributed by atoms with Gasteiger partial charge in [-0.15, -0.1) is 0 Å². The van der Waals surface area contributed by atoms with E-state index in [1.54, 1.807) is 0 Å². The standard InChI is InChI=1S/C29H58N4O3/c1-21(2)15-9-10-18-27(34)31-20-14-12-17-26(32-24(7)8)29(36)33-25(28(35)22(3)4)16-11-13-19-30-23(5)6/h21-26,30,32H,9-20H2,1-8H3,(H,31,34)(H,33,36). The first-order valence-corrected chi connectivity index (χ1v) is 14.5. The molecule has 0 heterocycles. The van der Waals surface area contributed by atoms with E-state index >= 15 is 0 Å². The number of unbranched alkanes of at least 4 members (excludes halogenated alkanes) is 3.